The number of aliphatic imine (C=N–C) groups is 2. The molecule has 1 heterocycles. The standard InChI is InChI=1S/C16H29N5/c1-12-9-15(10-12)20-11-19-14(3)13(2)16(17-4)21-7-5-18-6-8-21/h12,15,18,20H,4-11H2,1-3H3/b16-13+,19-14-. The van der Waals surface area contributed by atoms with Crippen molar-refractivity contribution in [3.05, 3.63) is 11.4 Å². The number of piperazine rings is 1. The van der Waals surface area contributed by atoms with Gasteiger partial charge in [-0.1, -0.05) is 6.92 Å². The molecule has 0 bridgehead atoms. The zero-order valence-corrected chi connectivity index (χ0v) is 13.7. The van der Waals surface area contributed by atoms with E-state index in [2.05, 4.69) is 53.0 Å². The molecule has 1 saturated carbocycles. The summed E-state index contributed by atoms with van der Waals surface area (Å²) < 4.78 is 0. The van der Waals surface area contributed by atoms with Gasteiger partial charge in [0.15, 0.2) is 0 Å². The van der Waals surface area contributed by atoms with Gasteiger partial charge in [-0.15, -0.1) is 0 Å². The Morgan fingerprint density at radius 3 is 2.52 bits per heavy atom. The molecule has 0 aromatic heterocycles. The van der Waals surface area contributed by atoms with Crippen LogP contribution in [0.25, 0.3) is 0 Å². The van der Waals surface area contributed by atoms with Crippen molar-refractivity contribution in [1.82, 2.24) is 15.5 Å². The van der Waals surface area contributed by atoms with E-state index in [-0.39, 0.29) is 0 Å². The number of rotatable bonds is 6. The summed E-state index contributed by atoms with van der Waals surface area (Å²) >= 11 is 0. The lowest BCUT2D eigenvalue weighted by Crippen LogP contribution is -2.43. The molecule has 5 heteroatoms. The predicted octanol–water partition coefficient (Wildman–Crippen LogP) is 1.63. The number of allylic oxidation sites excluding steroid dienone is 1. The second-order valence-corrected chi connectivity index (χ2v) is 6.22. The summed E-state index contributed by atoms with van der Waals surface area (Å²) in [6, 6.07) is 0.658. The molecule has 0 aromatic carbocycles. The highest BCUT2D eigenvalue weighted by atomic mass is 15.3. The lowest BCUT2D eigenvalue weighted by atomic mass is 9.82. The highest BCUT2D eigenvalue weighted by Gasteiger charge is 2.24. The fourth-order valence-electron chi connectivity index (χ4n) is 2.98. The molecule has 1 saturated heterocycles. The first-order valence-corrected chi connectivity index (χ1v) is 8.00. The number of nitrogens with one attached hydrogen (secondary N) is 2. The van der Waals surface area contributed by atoms with Gasteiger partial charge in [0.2, 0.25) is 0 Å². The van der Waals surface area contributed by atoms with Crippen LogP contribution in [0.1, 0.15) is 33.6 Å². The van der Waals surface area contributed by atoms with Crippen LogP contribution in [0, 0.1) is 5.92 Å². The predicted molar refractivity (Wildman–Crippen MR) is 90.0 cm³/mol. The van der Waals surface area contributed by atoms with Crippen molar-refractivity contribution < 1.29 is 0 Å². The second kappa shape index (κ2) is 7.71. The van der Waals surface area contributed by atoms with Crippen molar-refractivity contribution in [2.75, 3.05) is 32.8 Å². The maximum absolute atomic E-state index is 4.65. The van der Waals surface area contributed by atoms with Gasteiger partial charge in [0.05, 0.1) is 6.67 Å². The lowest BCUT2D eigenvalue weighted by molar-refractivity contribution is 0.244. The van der Waals surface area contributed by atoms with Crippen LogP contribution in [-0.4, -0.2) is 56.2 Å². The van der Waals surface area contributed by atoms with Crippen LogP contribution >= 0.6 is 0 Å². The molecule has 1 aliphatic heterocycles. The van der Waals surface area contributed by atoms with Gasteiger partial charge in [0, 0.05) is 43.5 Å². The molecule has 0 amide bonds. The maximum atomic E-state index is 4.65. The molecule has 118 valence electrons. The van der Waals surface area contributed by atoms with Crippen molar-refractivity contribution in [2.45, 2.75) is 39.7 Å². The first-order chi connectivity index (χ1) is 10.1. The average Bonchev–Trinajstić information content (AvgIpc) is 2.47. The number of hydrogen-bond donors (Lipinski definition) is 2. The van der Waals surface area contributed by atoms with Crippen molar-refractivity contribution in [3.63, 3.8) is 0 Å². The Balaban J connectivity index is 1.92. The third-order valence-electron chi connectivity index (χ3n) is 4.51. The van der Waals surface area contributed by atoms with Gasteiger partial charge >= 0.3 is 0 Å². The van der Waals surface area contributed by atoms with Gasteiger partial charge in [-0.25, -0.2) is 4.99 Å². The highest BCUT2D eigenvalue weighted by Crippen LogP contribution is 2.25. The zero-order valence-electron chi connectivity index (χ0n) is 13.7. The minimum Gasteiger partial charge on any atom is -0.354 e. The molecule has 0 aromatic rings. The van der Waals surface area contributed by atoms with Crippen molar-refractivity contribution in [2.24, 2.45) is 15.9 Å². The third-order valence-corrected chi connectivity index (χ3v) is 4.51. The van der Waals surface area contributed by atoms with Crippen molar-refractivity contribution >= 4 is 12.4 Å². The Hall–Kier alpha value is -1.20. The Kier molecular flexibility index (Phi) is 5.94. The van der Waals surface area contributed by atoms with E-state index in [1.54, 1.807) is 0 Å². The molecule has 21 heavy (non-hydrogen) atoms. The van der Waals surface area contributed by atoms with Crippen molar-refractivity contribution in [1.29, 1.82) is 0 Å². The Bertz CT molecular complexity index is 414. The quantitative estimate of drug-likeness (QED) is 0.731. The molecular weight excluding hydrogens is 262 g/mol. The molecule has 0 unspecified atom stereocenters. The summed E-state index contributed by atoms with van der Waals surface area (Å²) in [5, 5.41) is 6.85. The Morgan fingerprint density at radius 1 is 1.29 bits per heavy atom. The average molecular weight is 291 g/mol. The maximum Gasteiger partial charge on any atom is 0.132 e. The van der Waals surface area contributed by atoms with Crippen LogP contribution < -0.4 is 10.6 Å². The zero-order chi connectivity index (χ0) is 15.2. The third kappa shape index (κ3) is 4.38. The SMILES string of the molecule is C=N/C(=C(C)\C(C)=N/CNC1CC(C)C1)N1CCNCC1. The summed E-state index contributed by atoms with van der Waals surface area (Å²) in [5.74, 6) is 1.86. The summed E-state index contributed by atoms with van der Waals surface area (Å²) in [6.45, 7) is 14.9. The molecule has 2 aliphatic rings. The summed E-state index contributed by atoms with van der Waals surface area (Å²) in [5.41, 5.74) is 2.19. The fourth-order valence-corrected chi connectivity index (χ4v) is 2.98. The molecule has 0 radical (unpaired) electrons. The Labute approximate surface area is 128 Å². The normalized spacial score (nSPS) is 28.0. The summed E-state index contributed by atoms with van der Waals surface area (Å²) in [4.78, 5) is 11.2. The van der Waals surface area contributed by atoms with E-state index in [1.165, 1.54) is 12.8 Å². The van der Waals surface area contributed by atoms with Gasteiger partial charge in [0.1, 0.15) is 5.82 Å². The first-order valence-electron chi connectivity index (χ1n) is 8.00. The van der Waals surface area contributed by atoms with Crippen LogP contribution in [0.4, 0.5) is 0 Å². The molecule has 5 nitrogen and oxygen atoms in total. The Morgan fingerprint density at radius 2 is 1.95 bits per heavy atom. The van der Waals surface area contributed by atoms with E-state index in [0.29, 0.717) is 12.7 Å². The topological polar surface area (TPSA) is 52.0 Å². The molecule has 2 fully saturated rings. The molecular formula is C16H29N5. The van der Waals surface area contributed by atoms with Crippen LogP contribution in [-0.2, 0) is 0 Å². The second-order valence-electron chi connectivity index (χ2n) is 6.22. The molecule has 0 atom stereocenters. The van der Waals surface area contributed by atoms with Crippen LogP contribution in [0.5, 0.6) is 0 Å². The van der Waals surface area contributed by atoms with Crippen LogP contribution in [0.15, 0.2) is 21.4 Å². The van der Waals surface area contributed by atoms with Crippen LogP contribution in [0.2, 0.25) is 0 Å². The number of hydrogen-bond acceptors (Lipinski definition) is 5. The van der Waals surface area contributed by atoms with Gasteiger partial charge in [-0.05, 0) is 39.3 Å². The van der Waals surface area contributed by atoms with Crippen molar-refractivity contribution in [3.8, 4) is 0 Å². The van der Waals surface area contributed by atoms with Crippen LogP contribution in [0.3, 0.4) is 0 Å². The van der Waals surface area contributed by atoms with Gasteiger partial charge in [0.25, 0.3) is 0 Å². The molecule has 2 rings (SSSR count). The minimum atomic E-state index is 0.658. The summed E-state index contributed by atoms with van der Waals surface area (Å²) in [7, 11) is 0. The minimum absolute atomic E-state index is 0.658. The molecule has 2 N–H and O–H groups in total. The van der Waals surface area contributed by atoms with E-state index in [0.717, 1.165) is 49.2 Å². The van der Waals surface area contributed by atoms with E-state index < -0.39 is 0 Å². The molecule has 1 aliphatic carbocycles. The van der Waals surface area contributed by atoms with E-state index in [9.17, 15) is 0 Å². The summed E-state index contributed by atoms with van der Waals surface area (Å²) in [6.07, 6.45) is 2.56. The van der Waals surface area contributed by atoms with E-state index in [1.807, 2.05) is 0 Å². The van der Waals surface area contributed by atoms with E-state index >= 15 is 0 Å². The first kappa shape index (κ1) is 16.2. The van der Waals surface area contributed by atoms with Gasteiger partial charge in [-0.3, -0.25) is 10.3 Å². The van der Waals surface area contributed by atoms with E-state index in [4.69, 9.17) is 0 Å². The largest absolute Gasteiger partial charge is 0.354 e. The monoisotopic (exact) mass is 291 g/mol. The molecule has 0 spiro atoms. The van der Waals surface area contributed by atoms with Gasteiger partial charge < -0.3 is 10.2 Å². The lowest BCUT2D eigenvalue weighted by Gasteiger charge is -2.33. The number of nitrogens with zero attached hydrogens (tertiary/aromatic N) is 3. The van der Waals surface area contributed by atoms with Gasteiger partial charge in [-0.2, -0.15) is 0 Å². The highest BCUT2D eigenvalue weighted by molar-refractivity contribution is 5.98. The smallest absolute Gasteiger partial charge is 0.132 e. The fraction of sp³-hybridized carbons (Fsp3) is 0.750.